The van der Waals surface area contributed by atoms with Crippen LogP contribution in [0.3, 0.4) is 0 Å². The topological polar surface area (TPSA) is 55.6 Å². The van der Waals surface area contributed by atoms with Gasteiger partial charge in [0.25, 0.3) is 0 Å². The van der Waals surface area contributed by atoms with Crippen molar-refractivity contribution in [2.75, 3.05) is 20.3 Å². The van der Waals surface area contributed by atoms with Crippen LogP contribution in [0.5, 0.6) is 0 Å². The highest BCUT2D eigenvalue weighted by Crippen LogP contribution is 2.35. The standard InChI is InChI=1S/C13H24N2O2.ClH/c1-17-9-11(14)13(16)15-8-4-7-12(15)10-5-2-3-6-10;/h10-12H,2-9,14H2,1H3;1H. The first-order valence-corrected chi connectivity index (χ1v) is 6.79. The lowest BCUT2D eigenvalue weighted by atomic mass is 9.95. The molecule has 2 atom stereocenters. The Morgan fingerprint density at radius 2 is 2.00 bits per heavy atom. The van der Waals surface area contributed by atoms with Crippen molar-refractivity contribution in [3.05, 3.63) is 0 Å². The highest BCUT2D eigenvalue weighted by atomic mass is 35.5. The third kappa shape index (κ3) is 3.37. The minimum absolute atomic E-state index is 0. The number of methoxy groups -OCH3 is 1. The SMILES string of the molecule is COCC(N)C(=O)N1CCCC1C1CCCC1.Cl. The second-order valence-electron chi connectivity index (χ2n) is 5.35. The van der Waals surface area contributed by atoms with Crippen LogP contribution in [0.1, 0.15) is 38.5 Å². The van der Waals surface area contributed by atoms with E-state index >= 15 is 0 Å². The number of rotatable bonds is 4. The van der Waals surface area contributed by atoms with Crippen molar-refractivity contribution in [3.63, 3.8) is 0 Å². The predicted molar refractivity (Wildman–Crippen MR) is 73.8 cm³/mol. The molecule has 1 saturated heterocycles. The molecule has 2 aliphatic rings. The molecule has 0 aromatic heterocycles. The van der Waals surface area contributed by atoms with Crippen molar-refractivity contribution < 1.29 is 9.53 Å². The summed E-state index contributed by atoms with van der Waals surface area (Å²) >= 11 is 0. The fourth-order valence-corrected chi connectivity index (χ4v) is 3.36. The van der Waals surface area contributed by atoms with Gasteiger partial charge in [-0.25, -0.2) is 0 Å². The van der Waals surface area contributed by atoms with Crippen LogP contribution in [0.15, 0.2) is 0 Å². The number of nitrogens with zero attached hydrogens (tertiary/aromatic N) is 1. The summed E-state index contributed by atoms with van der Waals surface area (Å²) in [5, 5.41) is 0. The summed E-state index contributed by atoms with van der Waals surface area (Å²) in [7, 11) is 1.59. The molecule has 2 rings (SSSR count). The Labute approximate surface area is 116 Å². The van der Waals surface area contributed by atoms with E-state index < -0.39 is 6.04 Å². The van der Waals surface area contributed by atoms with Crippen molar-refractivity contribution in [2.45, 2.75) is 50.6 Å². The molecule has 1 heterocycles. The van der Waals surface area contributed by atoms with Crippen LogP contribution in [0, 0.1) is 5.92 Å². The van der Waals surface area contributed by atoms with E-state index in [4.69, 9.17) is 10.5 Å². The van der Waals surface area contributed by atoms with Crippen molar-refractivity contribution in [2.24, 2.45) is 11.7 Å². The molecule has 1 aliphatic heterocycles. The van der Waals surface area contributed by atoms with Gasteiger partial charge < -0.3 is 15.4 Å². The van der Waals surface area contributed by atoms with Gasteiger partial charge in [-0.3, -0.25) is 4.79 Å². The largest absolute Gasteiger partial charge is 0.383 e. The number of carbonyl (C=O) groups excluding carboxylic acids is 1. The average Bonchev–Trinajstić information content (AvgIpc) is 2.98. The van der Waals surface area contributed by atoms with E-state index in [0.29, 0.717) is 12.6 Å². The third-order valence-corrected chi connectivity index (χ3v) is 4.19. The second kappa shape index (κ2) is 7.31. The van der Waals surface area contributed by atoms with Gasteiger partial charge in [0.15, 0.2) is 0 Å². The molecule has 2 N–H and O–H groups in total. The molecular weight excluding hydrogens is 252 g/mol. The first-order chi connectivity index (χ1) is 8.24. The van der Waals surface area contributed by atoms with Gasteiger partial charge in [-0.05, 0) is 31.6 Å². The van der Waals surface area contributed by atoms with Gasteiger partial charge in [0.05, 0.1) is 6.61 Å². The molecular formula is C13H25ClN2O2. The molecule has 5 heteroatoms. The van der Waals surface area contributed by atoms with Gasteiger partial charge in [0, 0.05) is 19.7 Å². The molecule has 18 heavy (non-hydrogen) atoms. The molecule has 0 aromatic rings. The number of ether oxygens (including phenoxy) is 1. The van der Waals surface area contributed by atoms with E-state index in [1.807, 2.05) is 4.90 Å². The summed E-state index contributed by atoms with van der Waals surface area (Å²) in [4.78, 5) is 14.3. The zero-order valence-electron chi connectivity index (χ0n) is 11.1. The van der Waals surface area contributed by atoms with Gasteiger partial charge >= 0.3 is 0 Å². The molecule has 0 bridgehead atoms. The summed E-state index contributed by atoms with van der Waals surface area (Å²) in [6.45, 7) is 1.21. The number of nitrogens with two attached hydrogens (primary N) is 1. The quantitative estimate of drug-likeness (QED) is 0.848. The third-order valence-electron chi connectivity index (χ3n) is 4.19. The van der Waals surface area contributed by atoms with Gasteiger partial charge in [0.2, 0.25) is 5.91 Å². The Hall–Kier alpha value is -0.320. The van der Waals surface area contributed by atoms with Crippen LogP contribution in [0.4, 0.5) is 0 Å². The predicted octanol–water partition coefficient (Wildman–Crippen LogP) is 1.56. The minimum atomic E-state index is -0.484. The summed E-state index contributed by atoms with van der Waals surface area (Å²) in [6, 6.07) is -0.0325. The molecule has 2 unspecified atom stereocenters. The molecule has 106 valence electrons. The maximum Gasteiger partial charge on any atom is 0.242 e. The van der Waals surface area contributed by atoms with Crippen molar-refractivity contribution in [1.82, 2.24) is 4.90 Å². The van der Waals surface area contributed by atoms with Gasteiger partial charge in [0.1, 0.15) is 6.04 Å². The Balaban J connectivity index is 0.00000162. The lowest BCUT2D eigenvalue weighted by Gasteiger charge is -2.31. The molecule has 0 spiro atoms. The van der Waals surface area contributed by atoms with Crippen LogP contribution in [0.2, 0.25) is 0 Å². The fraction of sp³-hybridized carbons (Fsp3) is 0.923. The van der Waals surface area contributed by atoms with Crippen molar-refractivity contribution in [1.29, 1.82) is 0 Å². The fourth-order valence-electron chi connectivity index (χ4n) is 3.36. The van der Waals surface area contributed by atoms with E-state index in [2.05, 4.69) is 0 Å². The highest BCUT2D eigenvalue weighted by molar-refractivity contribution is 5.85. The summed E-state index contributed by atoms with van der Waals surface area (Å²) < 4.78 is 4.97. The molecule has 4 nitrogen and oxygen atoms in total. The van der Waals surface area contributed by atoms with E-state index in [1.54, 1.807) is 7.11 Å². The molecule has 0 radical (unpaired) electrons. The first kappa shape index (κ1) is 15.7. The molecule has 1 saturated carbocycles. The first-order valence-electron chi connectivity index (χ1n) is 6.79. The summed E-state index contributed by atoms with van der Waals surface area (Å²) in [5.41, 5.74) is 5.85. The average molecular weight is 277 g/mol. The van der Waals surface area contributed by atoms with E-state index in [-0.39, 0.29) is 18.3 Å². The summed E-state index contributed by atoms with van der Waals surface area (Å²) in [6.07, 6.45) is 7.52. The Morgan fingerprint density at radius 3 is 2.61 bits per heavy atom. The van der Waals surface area contributed by atoms with Gasteiger partial charge in [-0.2, -0.15) is 0 Å². The number of carbonyl (C=O) groups is 1. The van der Waals surface area contributed by atoms with Crippen LogP contribution in [0.25, 0.3) is 0 Å². The van der Waals surface area contributed by atoms with E-state index in [0.717, 1.165) is 25.3 Å². The molecule has 2 fully saturated rings. The van der Waals surface area contributed by atoms with Crippen LogP contribution in [-0.4, -0.2) is 43.2 Å². The Bertz CT molecular complexity index is 270. The van der Waals surface area contributed by atoms with Crippen LogP contribution in [-0.2, 0) is 9.53 Å². The van der Waals surface area contributed by atoms with E-state index in [9.17, 15) is 4.79 Å². The maximum atomic E-state index is 12.2. The van der Waals surface area contributed by atoms with E-state index in [1.165, 1.54) is 25.7 Å². The normalized spacial score (nSPS) is 26.1. The lowest BCUT2D eigenvalue weighted by molar-refractivity contribution is -0.135. The molecule has 1 amide bonds. The summed E-state index contributed by atoms with van der Waals surface area (Å²) in [5.74, 6) is 0.803. The Morgan fingerprint density at radius 1 is 1.33 bits per heavy atom. The molecule has 0 aromatic carbocycles. The maximum absolute atomic E-state index is 12.2. The minimum Gasteiger partial charge on any atom is -0.383 e. The van der Waals surface area contributed by atoms with Gasteiger partial charge in [-0.15, -0.1) is 12.4 Å². The van der Waals surface area contributed by atoms with Crippen LogP contribution < -0.4 is 5.73 Å². The number of amides is 1. The number of hydrogen-bond donors (Lipinski definition) is 1. The second-order valence-corrected chi connectivity index (χ2v) is 5.35. The number of halogens is 1. The smallest absolute Gasteiger partial charge is 0.242 e. The van der Waals surface area contributed by atoms with Crippen molar-refractivity contribution in [3.8, 4) is 0 Å². The monoisotopic (exact) mass is 276 g/mol. The van der Waals surface area contributed by atoms with Crippen molar-refractivity contribution >= 4 is 18.3 Å². The molecule has 1 aliphatic carbocycles. The van der Waals surface area contributed by atoms with Crippen LogP contribution >= 0.6 is 12.4 Å². The number of likely N-dealkylation sites (tertiary alicyclic amines) is 1. The Kier molecular flexibility index (Phi) is 6.39. The number of hydrogen-bond acceptors (Lipinski definition) is 3. The lowest BCUT2D eigenvalue weighted by Crippen LogP contribution is -2.49. The zero-order valence-corrected chi connectivity index (χ0v) is 12.0. The zero-order chi connectivity index (χ0) is 12.3. The van der Waals surface area contributed by atoms with Gasteiger partial charge in [-0.1, -0.05) is 12.8 Å². The highest BCUT2D eigenvalue weighted by Gasteiger charge is 2.37.